The molecule has 0 radical (unpaired) electrons. The van der Waals surface area contributed by atoms with Crippen LogP contribution in [0, 0.1) is 19.7 Å². The van der Waals surface area contributed by atoms with Crippen LogP contribution in [0.3, 0.4) is 0 Å². The van der Waals surface area contributed by atoms with E-state index in [-0.39, 0.29) is 17.0 Å². The lowest BCUT2D eigenvalue weighted by Gasteiger charge is -2.16. The zero-order valence-corrected chi connectivity index (χ0v) is 17.4. The van der Waals surface area contributed by atoms with Gasteiger partial charge in [0.05, 0.1) is 18.4 Å². The highest BCUT2D eigenvalue weighted by molar-refractivity contribution is 6.46. The van der Waals surface area contributed by atoms with Gasteiger partial charge in [-0.15, -0.1) is 0 Å². The van der Waals surface area contributed by atoms with Crippen LogP contribution >= 0.6 is 0 Å². The molecule has 3 aromatic rings. The number of para-hydroxylation sites is 1. The molecule has 1 heterocycles. The monoisotopic (exact) mass is 416 g/mol. The highest BCUT2D eigenvalue weighted by atomic mass is 19.1. The van der Waals surface area contributed by atoms with Gasteiger partial charge in [0.25, 0.3) is 11.8 Å². The second kappa shape index (κ2) is 8.07. The fourth-order valence-electron chi connectivity index (χ4n) is 3.51. The van der Waals surface area contributed by atoms with Crippen molar-refractivity contribution in [1.82, 2.24) is 0 Å². The number of methoxy groups -OCH3 is 1. The van der Waals surface area contributed by atoms with Gasteiger partial charge in [-0.1, -0.05) is 36.4 Å². The lowest BCUT2D eigenvalue weighted by molar-refractivity contribution is -0.120. The summed E-state index contributed by atoms with van der Waals surface area (Å²) in [5.74, 6) is -1.25. The molecule has 3 aromatic carbocycles. The van der Waals surface area contributed by atoms with Gasteiger partial charge in [0.15, 0.2) is 0 Å². The number of rotatable bonds is 5. The molecule has 1 N–H and O–H groups in total. The maximum Gasteiger partial charge on any atom is 0.282 e. The maximum atomic E-state index is 14.5. The van der Waals surface area contributed by atoms with Gasteiger partial charge in [-0.2, -0.15) is 0 Å². The number of halogens is 1. The Morgan fingerprint density at radius 1 is 0.871 bits per heavy atom. The number of amides is 2. The van der Waals surface area contributed by atoms with Gasteiger partial charge < -0.3 is 10.1 Å². The van der Waals surface area contributed by atoms with E-state index in [1.807, 2.05) is 26.0 Å². The number of ether oxygens (including phenoxy) is 1. The topological polar surface area (TPSA) is 58.6 Å². The van der Waals surface area contributed by atoms with Crippen molar-refractivity contribution in [2.75, 3.05) is 17.3 Å². The van der Waals surface area contributed by atoms with Crippen molar-refractivity contribution in [3.63, 3.8) is 0 Å². The predicted molar refractivity (Wildman–Crippen MR) is 118 cm³/mol. The molecule has 0 aliphatic carbocycles. The first-order chi connectivity index (χ1) is 14.9. The maximum absolute atomic E-state index is 14.5. The molecule has 6 heteroatoms. The van der Waals surface area contributed by atoms with Crippen LogP contribution in [0.25, 0.3) is 5.57 Å². The third-order valence-corrected chi connectivity index (χ3v) is 5.31. The molecule has 156 valence electrons. The van der Waals surface area contributed by atoms with Crippen molar-refractivity contribution >= 4 is 28.8 Å². The van der Waals surface area contributed by atoms with E-state index >= 15 is 0 Å². The van der Waals surface area contributed by atoms with Gasteiger partial charge in [0.1, 0.15) is 17.3 Å². The lowest BCUT2D eigenvalue weighted by Crippen LogP contribution is -2.33. The first kappa shape index (κ1) is 20.3. The molecule has 1 aliphatic rings. The molecule has 0 aromatic heterocycles. The van der Waals surface area contributed by atoms with Crippen LogP contribution in [0.15, 0.2) is 72.4 Å². The molecule has 31 heavy (non-hydrogen) atoms. The molecule has 0 bridgehead atoms. The number of nitrogens with one attached hydrogen (secondary N) is 1. The van der Waals surface area contributed by atoms with Crippen molar-refractivity contribution in [3.8, 4) is 5.75 Å². The summed E-state index contributed by atoms with van der Waals surface area (Å²) in [5.41, 5.74) is 3.41. The predicted octanol–water partition coefficient (Wildman–Crippen LogP) is 4.85. The molecule has 2 amide bonds. The third-order valence-electron chi connectivity index (χ3n) is 5.31. The number of carbonyl (C=O) groups excluding carboxylic acids is 2. The van der Waals surface area contributed by atoms with Crippen LogP contribution in [0.1, 0.15) is 16.7 Å². The first-order valence-electron chi connectivity index (χ1n) is 9.77. The highest BCUT2D eigenvalue weighted by Crippen LogP contribution is 2.35. The summed E-state index contributed by atoms with van der Waals surface area (Å²) < 4.78 is 19.7. The van der Waals surface area contributed by atoms with E-state index in [1.54, 1.807) is 43.5 Å². The van der Waals surface area contributed by atoms with E-state index in [9.17, 15) is 14.0 Å². The number of benzene rings is 3. The number of hydrogen-bond donors (Lipinski definition) is 1. The molecule has 0 spiro atoms. The minimum atomic E-state index is -0.647. The van der Waals surface area contributed by atoms with Gasteiger partial charge in [-0.25, -0.2) is 9.29 Å². The Labute approximate surface area is 179 Å². The summed E-state index contributed by atoms with van der Waals surface area (Å²) in [6.07, 6.45) is 0. The summed E-state index contributed by atoms with van der Waals surface area (Å²) >= 11 is 0. The zero-order chi connectivity index (χ0) is 22.1. The Balaban J connectivity index is 1.86. The molecule has 1 aliphatic heterocycles. The van der Waals surface area contributed by atoms with Crippen molar-refractivity contribution < 1.29 is 18.7 Å². The highest BCUT2D eigenvalue weighted by Gasteiger charge is 2.41. The molecule has 4 rings (SSSR count). The van der Waals surface area contributed by atoms with Gasteiger partial charge >= 0.3 is 0 Å². The summed E-state index contributed by atoms with van der Waals surface area (Å²) in [6.45, 7) is 3.90. The zero-order valence-electron chi connectivity index (χ0n) is 17.4. The van der Waals surface area contributed by atoms with E-state index in [0.717, 1.165) is 16.0 Å². The van der Waals surface area contributed by atoms with Gasteiger partial charge in [-0.05, 0) is 54.8 Å². The quantitative estimate of drug-likeness (QED) is 0.604. The minimum absolute atomic E-state index is 0.0822. The number of hydrogen-bond acceptors (Lipinski definition) is 4. The van der Waals surface area contributed by atoms with Crippen LogP contribution in [-0.4, -0.2) is 18.9 Å². The molecule has 0 saturated heterocycles. The Bertz CT molecular complexity index is 1230. The van der Waals surface area contributed by atoms with E-state index in [0.29, 0.717) is 17.0 Å². The van der Waals surface area contributed by atoms with Crippen LogP contribution < -0.4 is 15.0 Å². The minimum Gasteiger partial charge on any atom is -0.497 e. The number of nitrogens with zero attached hydrogens (tertiary/aromatic N) is 1. The van der Waals surface area contributed by atoms with Crippen LogP contribution in [0.4, 0.5) is 15.8 Å². The third kappa shape index (κ3) is 3.68. The van der Waals surface area contributed by atoms with Gasteiger partial charge in [0.2, 0.25) is 0 Å². The lowest BCUT2D eigenvalue weighted by atomic mass is 9.99. The molecule has 0 fully saturated rings. The molecular formula is C25H21FN2O3. The number of anilines is 2. The average molecular weight is 416 g/mol. The summed E-state index contributed by atoms with van der Waals surface area (Å²) in [7, 11) is 1.54. The summed E-state index contributed by atoms with van der Waals surface area (Å²) in [6, 6.07) is 18.3. The normalized spacial score (nSPS) is 13.7. The largest absolute Gasteiger partial charge is 0.497 e. The molecule has 0 atom stereocenters. The van der Waals surface area contributed by atoms with E-state index in [1.165, 1.54) is 18.2 Å². The van der Waals surface area contributed by atoms with Crippen molar-refractivity contribution in [3.05, 3.63) is 94.9 Å². The van der Waals surface area contributed by atoms with E-state index in [2.05, 4.69) is 5.32 Å². The number of carbonyl (C=O) groups is 2. The average Bonchev–Trinajstić information content (AvgIpc) is 3.00. The molecule has 5 nitrogen and oxygen atoms in total. The van der Waals surface area contributed by atoms with Crippen LogP contribution in [-0.2, 0) is 9.59 Å². The first-order valence-corrected chi connectivity index (χ1v) is 9.77. The Morgan fingerprint density at radius 3 is 2.35 bits per heavy atom. The fourth-order valence-corrected chi connectivity index (χ4v) is 3.51. The van der Waals surface area contributed by atoms with Crippen LogP contribution in [0.5, 0.6) is 5.75 Å². The Kier molecular flexibility index (Phi) is 5.29. The van der Waals surface area contributed by atoms with Crippen molar-refractivity contribution in [2.24, 2.45) is 0 Å². The Morgan fingerprint density at radius 2 is 1.65 bits per heavy atom. The number of aryl methyl sites for hydroxylation is 2. The van der Waals surface area contributed by atoms with Crippen molar-refractivity contribution in [1.29, 1.82) is 0 Å². The fraction of sp³-hybridized carbons (Fsp3) is 0.120. The Hall–Kier alpha value is -3.93. The molecule has 0 saturated carbocycles. The molecule has 0 unspecified atom stereocenters. The van der Waals surface area contributed by atoms with Crippen molar-refractivity contribution in [2.45, 2.75) is 13.8 Å². The standard InChI is InChI=1S/C25H21FN2O3/c1-15-11-12-17(13-16(15)2)22-23(27-18-7-6-8-19(14-18)31-3)25(30)28(24(22)29)21-10-5-4-9-20(21)26/h4-14,27H,1-3H3. The number of imide groups is 1. The molecular weight excluding hydrogens is 395 g/mol. The van der Waals surface area contributed by atoms with Gasteiger partial charge in [-0.3, -0.25) is 9.59 Å². The second-order valence-corrected chi connectivity index (χ2v) is 7.30. The summed E-state index contributed by atoms with van der Waals surface area (Å²) in [4.78, 5) is 27.6. The smallest absolute Gasteiger partial charge is 0.282 e. The second-order valence-electron chi connectivity index (χ2n) is 7.30. The SMILES string of the molecule is COc1cccc(NC2=C(c3ccc(C)c(C)c3)C(=O)N(c3ccccc3F)C2=O)c1. The summed E-state index contributed by atoms with van der Waals surface area (Å²) in [5, 5.41) is 3.06. The van der Waals surface area contributed by atoms with E-state index in [4.69, 9.17) is 4.74 Å². The van der Waals surface area contributed by atoms with Crippen LogP contribution in [0.2, 0.25) is 0 Å². The van der Waals surface area contributed by atoms with Gasteiger partial charge in [0, 0.05) is 11.8 Å². The van der Waals surface area contributed by atoms with E-state index < -0.39 is 17.6 Å².